The Morgan fingerprint density at radius 1 is 0.882 bits per heavy atom. The molecule has 1 atom stereocenters. The van der Waals surface area contributed by atoms with Gasteiger partial charge in [-0.05, 0) is 39.0 Å². The number of aliphatic hydroxyl groups is 1. The monoisotopic (exact) mass is 236 g/mol. The summed E-state index contributed by atoms with van der Waals surface area (Å²) in [5.74, 6) is 0. The smallest absolute Gasteiger partial charge is 0.0695 e. The van der Waals surface area contributed by atoms with Crippen LogP contribution in [-0.4, -0.2) is 11.2 Å². The van der Waals surface area contributed by atoms with Crippen molar-refractivity contribution in [3.8, 4) is 0 Å². The average Bonchev–Trinajstić information content (AvgIpc) is 2.30. The normalized spacial score (nSPS) is 14.3. The molecule has 1 N–H and O–H groups in total. The first kappa shape index (κ1) is 16.2. The van der Waals surface area contributed by atoms with E-state index < -0.39 is 0 Å². The largest absolute Gasteiger partial charge is 0.389 e. The van der Waals surface area contributed by atoms with E-state index in [9.17, 15) is 0 Å². The molecule has 1 nitrogen and oxygen atoms in total. The molecule has 0 heterocycles. The van der Waals surface area contributed by atoms with Crippen LogP contribution >= 0.6 is 0 Å². The predicted octanol–water partition coefficient (Wildman–Crippen LogP) is 4.79. The quantitative estimate of drug-likeness (QED) is 0.328. The van der Waals surface area contributed by atoms with Gasteiger partial charge in [0.05, 0.1) is 6.10 Å². The number of rotatable bonds is 10. The summed E-state index contributed by atoms with van der Waals surface area (Å²) in [4.78, 5) is 0. The summed E-state index contributed by atoms with van der Waals surface area (Å²) in [5.41, 5.74) is 0. The summed E-state index contributed by atoms with van der Waals surface area (Å²) in [5, 5.41) is 8.99. The summed E-state index contributed by atoms with van der Waals surface area (Å²) in [6.45, 7) is 3.99. The third-order valence-corrected chi connectivity index (χ3v) is 2.52. The number of aliphatic hydroxyl groups excluding tert-OH is 1. The van der Waals surface area contributed by atoms with E-state index in [-0.39, 0.29) is 6.10 Å². The van der Waals surface area contributed by atoms with Crippen molar-refractivity contribution < 1.29 is 5.11 Å². The maximum atomic E-state index is 8.99. The molecule has 0 rings (SSSR count). The molecule has 0 amide bonds. The Labute approximate surface area is 107 Å². The van der Waals surface area contributed by atoms with Crippen molar-refractivity contribution in [3.05, 3.63) is 36.5 Å². The molecule has 0 saturated heterocycles. The lowest BCUT2D eigenvalue weighted by molar-refractivity contribution is 0.244. The van der Waals surface area contributed by atoms with E-state index in [0.29, 0.717) is 0 Å². The van der Waals surface area contributed by atoms with Crippen LogP contribution in [0.5, 0.6) is 0 Å². The Morgan fingerprint density at radius 3 is 2.06 bits per heavy atom. The molecule has 0 aromatic rings. The molecule has 0 spiro atoms. The number of allylic oxidation sites excluding steroid dienone is 5. The van der Waals surface area contributed by atoms with Gasteiger partial charge in [-0.1, -0.05) is 56.2 Å². The predicted molar refractivity (Wildman–Crippen MR) is 77.1 cm³/mol. The SMILES string of the molecule is CCCC/C=C/CCCC/C=C/C=C/C(C)O. The third-order valence-electron chi connectivity index (χ3n) is 2.52. The summed E-state index contributed by atoms with van der Waals surface area (Å²) in [7, 11) is 0. The summed E-state index contributed by atoms with van der Waals surface area (Å²) in [6.07, 6.45) is 20.9. The highest BCUT2D eigenvalue weighted by Gasteiger charge is 1.84. The first-order valence-corrected chi connectivity index (χ1v) is 6.93. The molecule has 17 heavy (non-hydrogen) atoms. The lowest BCUT2D eigenvalue weighted by Crippen LogP contribution is -1.90. The fraction of sp³-hybridized carbons (Fsp3) is 0.625. The topological polar surface area (TPSA) is 20.2 Å². The number of hydrogen-bond acceptors (Lipinski definition) is 1. The van der Waals surface area contributed by atoms with Crippen molar-refractivity contribution >= 4 is 0 Å². The van der Waals surface area contributed by atoms with E-state index in [2.05, 4.69) is 25.2 Å². The zero-order chi connectivity index (χ0) is 12.8. The second-order valence-electron chi connectivity index (χ2n) is 4.45. The van der Waals surface area contributed by atoms with Crippen LogP contribution in [0.25, 0.3) is 0 Å². The van der Waals surface area contributed by atoms with Crippen LogP contribution in [0, 0.1) is 0 Å². The van der Waals surface area contributed by atoms with Crippen molar-refractivity contribution in [1.29, 1.82) is 0 Å². The molecule has 0 radical (unpaired) electrons. The van der Waals surface area contributed by atoms with Crippen molar-refractivity contribution in [2.75, 3.05) is 0 Å². The van der Waals surface area contributed by atoms with Gasteiger partial charge in [-0.25, -0.2) is 0 Å². The van der Waals surface area contributed by atoms with Crippen LogP contribution < -0.4 is 0 Å². The molecule has 98 valence electrons. The van der Waals surface area contributed by atoms with Gasteiger partial charge in [-0.3, -0.25) is 0 Å². The van der Waals surface area contributed by atoms with Gasteiger partial charge in [0, 0.05) is 0 Å². The summed E-state index contributed by atoms with van der Waals surface area (Å²) < 4.78 is 0. The minimum absolute atomic E-state index is 0.340. The summed E-state index contributed by atoms with van der Waals surface area (Å²) in [6, 6.07) is 0. The van der Waals surface area contributed by atoms with Crippen LogP contribution in [0.2, 0.25) is 0 Å². The van der Waals surface area contributed by atoms with E-state index in [0.717, 1.165) is 6.42 Å². The minimum atomic E-state index is -0.340. The third kappa shape index (κ3) is 15.2. The molecule has 0 bridgehead atoms. The molecule has 0 aromatic carbocycles. The van der Waals surface area contributed by atoms with E-state index in [1.54, 1.807) is 13.0 Å². The van der Waals surface area contributed by atoms with Crippen LogP contribution in [-0.2, 0) is 0 Å². The van der Waals surface area contributed by atoms with Crippen LogP contribution in [0.4, 0.5) is 0 Å². The molecule has 1 unspecified atom stereocenters. The Hall–Kier alpha value is -0.820. The molecule has 0 aliphatic heterocycles. The van der Waals surface area contributed by atoms with Crippen molar-refractivity contribution in [2.24, 2.45) is 0 Å². The molecule has 0 saturated carbocycles. The van der Waals surface area contributed by atoms with E-state index in [1.807, 2.05) is 12.2 Å². The van der Waals surface area contributed by atoms with Crippen molar-refractivity contribution in [2.45, 2.75) is 64.9 Å². The second kappa shape index (κ2) is 13.2. The fourth-order valence-electron chi connectivity index (χ4n) is 1.48. The van der Waals surface area contributed by atoms with Gasteiger partial charge in [-0.15, -0.1) is 0 Å². The van der Waals surface area contributed by atoms with Crippen molar-refractivity contribution in [1.82, 2.24) is 0 Å². The number of unbranched alkanes of at least 4 members (excludes halogenated alkanes) is 5. The second-order valence-corrected chi connectivity index (χ2v) is 4.45. The Morgan fingerprint density at radius 2 is 1.47 bits per heavy atom. The van der Waals surface area contributed by atoms with Gasteiger partial charge in [-0.2, -0.15) is 0 Å². The van der Waals surface area contributed by atoms with Gasteiger partial charge in [0.25, 0.3) is 0 Å². The first-order valence-electron chi connectivity index (χ1n) is 6.93. The molecular weight excluding hydrogens is 208 g/mol. The molecule has 0 aromatic heterocycles. The van der Waals surface area contributed by atoms with Gasteiger partial charge in [0.15, 0.2) is 0 Å². The zero-order valence-corrected chi connectivity index (χ0v) is 11.4. The lowest BCUT2D eigenvalue weighted by atomic mass is 10.1. The van der Waals surface area contributed by atoms with E-state index in [4.69, 9.17) is 5.11 Å². The first-order chi connectivity index (χ1) is 8.27. The fourth-order valence-corrected chi connectivity index (χ4v) is 1.48. The number of hydrogen-bond donors (Lipinski definition) is 1. The van der Waals surface area contributed by atoms with Gasteiger partial charge in [0.1, 0.15) is 0 Å². The maximum absolute atomic E-state index is 8.99. The Balaban J connectivity index is 3.26. The standard InChI is InChI=1S/C16H28O/c1-3-4-5-6-7-8-9-10-11-12-13-14-15-16(2)17/h6-7,12-17H,3-5,8-11H2,1-2H3/b7-6+,13-12+,15-14+. The van der Waals surface area contributed by atoms with Gasteiger partial charge in [0.2, 0.25) is 0 Å². The van der Waals surface area contributed by atoms with E-state index >= 15 is 0 Å². The average molecular weight is 236 g/mol. The molecule has 0 aliphatic rings. The van der Waals surface area contributed by atoms with Gasteiger partial charge >= 0.3 is 0 Å². The molecule has 1 heteroatoms. The summed E-state index contributed by atoms with van der Waals surface area (Å²) >= 11 is 0. The molecular formula is C16H28O. The van der Waals surface area contributed by atoms with Crippen molar-refractivity contribution in [3.63, 3.8) is 0 Å². The van der Waals surface area contributed by atoms with Gasteiger partial charge < -0.3 is 5.11 Å². The minimum Gasteiger partial charge on any atom is -0.389 e. The Kier molecular flexibility index (Phi) is 12.6. The van der Waals surface area contributed by atoms with Crippen LogP contribution in [0.1, 0.15) is 58.8 Å². The molecule has 0 fully saturated rings. The molecule has 0 aliphatic carbocycles. The van der Waals surface area contributed by atoms with E-state index in [1.165, 1.54) is 38.5 Å². The Bertz CT molecular complexity index is 224. The van der Waals surface area contributed by atoms with Crippen LogP contribution in [0.15, 0.2) is 36.5 Å². The lowest BCUT2D eigenvalue weighted by Gasteiger charge is -1.93. The highest BCUT2D eigenvalue weighted by Crippen LogP contribution is 2.03. The maximum Gasteiger partial charge on any atom is 0.0695 e. The highest BCUT2D eigenvalue weighted by atomic mass is 16.3. The van der Waals surface area contributed by atoms with Crippen LogP contribution in [0.3, 0.4) is 0 Å². The highest BCUT2D eigenvalue weighted by molar-refractivity contribution is 5.03. The zero-order valence-electron chi connectivity index (χ0n) is 11.4.